The van der Waals surface area contributed by atoms with Gasteiger partial charge in [-0.3, -0.25) is 4.79 Å². The van der Waals surface area contributed by atoms with Crippen molar-refractivity contribution in [2.75, 3.05) is 13.7 Å². The maximum absolute atomic E-state index is 12.2. The number of carbonyl (C=O) groups is 1. The van der Waals surface area contributed by atoms with Crippen LogP contribution in [0.5, 0.6) is 5.75 Å². The number of nitrogens with one attached hydrogen (secondary N) is 1. The van der Waals surface area contributed by atoms with Gasteiger partial charge in [0.05, 0.1) is 32.2 Å². The van der Waals surface area contributed by atoms with Crippen molar-refractivity contribution in [1.29, 1.82) is 0 Å². The molecule has 0 amide bonds. The Balaban J connectivity index is 1.60. The third kappa shape index (κ3) is 4.09. The van der Waals surface area contributed by atoms with Crippen molar-refractivity contribution in [3.63, 3.8) is 0 Å². The minimum atomic E-state index is -0.849. The number of fused-ring (bicyclic) bond motifs is 4. The number of H-pyrrole nitrogens is 1. The number of hydrogen-bond acceptors (Lipinski definition) is 5. The fraction of sp³-hybridized carbons (Fsp3) is 0.385. The Bertz CT molecular complexity index is 1280. The highest BCUT2D eigenvalue weighted by molar-refractivity contribution is 9.10. The zero-order chi connectivity index (χ0) is 24.9. The summed E-state index contributed by atoms with van der Waals surface area (Å²) in [5, 5.41) is 13.2. The lowest BCUT2D eigenvalue weighted by molar-refractivity contribution is -0.144. The van der Waals surface area contributed by atoms with E-state index < -0.39 is 6.23 Å². The number of halogens is 1. The summed E-state index contributed by atoms with van der Waals surface area (Å²) in [7, 11) is 1.65. The van der Waals surface area contributed by atoms with Crippen LogP contribution in [0, 0.1) is 0 Å². The molecule has 4 unspecified atom stereocenters. The molecule has 0 bridgehead atoms. The van der Waals surface area contributed by atoms with Gasteiger partial charge in [-0.15, -0.1) is 0 Å². The first-order valence-corrected chi connectivity index (χ1v) is 12.9. The molecule has 35 heavy (non-hydrogen) atoms. The second-order valence-electron chi connectivity index (χ2n) is 9.02. The number of ether oxygens (including phenoxy) is 2. The molecule has 0 aliphatic carbocycles. The lowest BCUT2D eigenvalue weighted by Gasteiger charge is -2.38. The summed E-state index contributed by atoms with van der Waals surface area (Å²) in [5.41, 5.74) is 4.32. The van der Waals surface area contributed by atoms with Crippen LogP contribution in [0.15, 0.2) is 46.9 Å². The number of esters is 1. The van der Waals surface area contributed by atoms with E-state index in [0.717, 1.165) is 32.4 Å². The molecular weight excluding hydrogens is 530 g/mol. The van der Waals surface area contributed by atoms with Gasteiger partial charge in [0, 0.05) is 27.1 Å². The number of aliphatic hydroxyl groups excluding tert-OH is 1. The molecule has 5 rings (SSSR count). The number of hydrogen-bond donors (Lipinski definition) is 2. The molecule has 7 nitrogen and oxygen atoms in total. The normalized spacial score (nSPS) is 22.2. The van der Waals surface area contributed by atoms with Crippen molar-refractivity contribution in [3.8, 4) is 5.75 Å². The highest BCUT2D eigenvalue weighted by Gasteiger charge is 2.51. The number of aromatic nitrogens is 1. The van der Waals surface area contributed by atoms with Crippen LogP contribution in [-0.4, -0.2) is 63.0 Å². The van der Waals surface area contributed by atoms with E-state index in [0.29, 0.717) is 18.1 Å². The maximum atomic E-state index is 12.2. The predicted octanol–water partition coefficient (Wildman–Crippen LogP) is 4.52. The van der Waals surface area contributed by atoms with Crippen molar-refractivity contribution >= 4 is 50.1 Å². The van der Waals surface area contributed by atoms with E-state index in [1.54, 1.807) is 18.9 Å². The molecule has 0 radical (unpaired) electrons. The zero-order valence-electron chi connectivity index (χ0n) is 19.8. The summed E-state index contributed by atoms with van der Waals surface area (Å²) in [5.74, 6) is 0.475. The summed E-state index contributed by atoms with van der Waals surface area (Å²) in [6.07, 6.45) is -0.0690. The quantitative estimate of drug-likeness (QED) is 0.341. The van der Waals surface area contributed by atoms with Gasteiger partial charge in [0.25, 0.3) is 0 Å². The van der Waals surface area contributed by atoms with E-state index in [4.69, 9.17) is 21.7 Å². The Morgan fingerprint density at radius 3 is 2.71 bits per heavy atom. The Morgan fingerprint density at radius 1 is 1.29 bits per heavy atom. The molecule has 0 saturated carbocycles. The van der Waals surface area contributed by atoms with Gasteiger partial charge in [0.2, 0.25) is 0 Å². The van der Waals surface area contributed by atoms with E-state index in [9.17, 15) is 9.90 Å². The molecule has 1 saturated heterocycles. The van der Waals surface area contributed by atoms with Crippen LogP contribution < -0.4 is 4.74 Å². The standard InChI is InChI=1S/C26H28BrN3O4S/c1-4-34-22(31)11-14(2)29-25(32)21-13-19-18-12-16(27)7-10-20(18)28-23(19)24(30(21)26(29)35)15-5-8-17(33-3)9-6-15/h5-10,12,14,21,24-25,28,32H,4,11,13H2,1-3H3. The lowest BCUT2D eigenvalue weighted by atomic mass is 9.88. The van der Waals surface area contributed by atoms with Crippen molar-refractivity contribution in [2.24, 2.45) is 0 Å². The fourth-order valence-electron chi connectivity index (χ4n) is 5.39. The van der Waals surface area contributed by atoms with Crippen LogP contribution in [0.2, 0.25) is 0 Å². The average Bonchev–Trinajstić information content (AvgIpc) is 3.32. The minimum Gasteiger partial charge on any atom is -0.497 e. The molecule has 1 aromatic heterocycles. The Labute approximate surface area is 218 Å². The lowest BCUT2D eigenvalue weighted by Crippen LogP contribution is -2.45. The first kappa shape index (κ1) is 24.1. The van der Waals surface area contributed by atoms with Crippen molar-refractivity contribution in [3.05, 3.63) is 63.8 Å². The molecule has 4 atom stereocenters. The van der Waals surface area contributed by atoms with Gasteiger partial charge in [0.1, 0.15) is 12.0 Å². The number of benzene rings is 2. The zero-order valence-corrected chi connectivity index (χ0v) is 22.2. The molecule has 2 aromatic carbocycles. The average molecular weight is 558 g/mol. The van der Waals surface area contributed by atoms with Gasteiger partial charge >= 0.3 is 5.97 Å². The van der Waals surface area contributed by atoms with Crippen molar-refractivity contribution in [2.45, 2.75) is 51.0 Å². The van der Waals surface area contributed by atoms with Crippen molar-refractivity contribution < 1.29 is 19.4 Å². The maximum Gasteiger partial charge on any atom is 0.307 e. The number of carbonyl (C=O) groups excluding carboxylic acids is 1. The second-order valence-corrected chi connectivity index (χ2v) is 10.3. The number of methoxy groups -OCH3 is 1. The largest absolute Gasteiger partial charge is 0.497 e. The van der Waals surface area contributed by atoms with Crippen molar-refractivity contribution in [1.82, 2.24) is 14.8 Å². The molecule has 184 valence electrons. The number of aromatic amines is 1. The molecule has 3 heterocycles. The summed E-state index contributed by atoms with van der Waals surface area (Å²) < 4.78 is 11.5. The molecular formula is C26H28BrN3O4S. The smallest absolute Gasteiger partial charge is 0.307 e. The Hall–Kier alpha value is -2.62. The van der Waals surface area contributed by atoms with Gasteiger partial charge in [0.15, 0.2) is 5.11 Å². The van der Waals surface area contributed by atoms with E-state index in [1.807, 2.05) is 37.3 Å². The minimum absolute atomic E-state index is 0.153. The monoisotopic (exact) mass is 557 g/mol. The summed E-state index contributed by atoms with van der Waals surface area (Å²) in [6, 6.07) is 13.4. The second kappa shape index (κ2) is 9.44. The predicted molar refractivity (Wildman–Crippen MR) is 141 cm³/mol. The number of aliphatic hydroxyl groups is 1. The molecule has 0 spiro atoms. The van der Waals surface area contributed by atoms with E-state index in [-0.39, 0.29) is 30.5 Å². The topological polar surface area (TPSA) is 78.0 Å². The van der Waals surface area contributed by atoms with E-state index >= 15 is 0 Å². The summed E-state index contributed by atoms with van der Waals surface area (Å²) in [6.45, 7) is 4.01. The van der Waals surface area contributed by atoms with Crippen LogP contribution in [-0.2, 0) is 16.0 Å². The fourth-order valence-corrected chi connectivity index (χ4v) is 6.28. The number of rotatable bonds is 6. The molecule has 2 aliphatic heterocycles. The van der Waals surface area contributed by atoms with Gasteiger partial charge in [-0.2, -0.15) is 0 Å². The van der Waals surface area contributed by atoms with Crippen LogP contribution in [0.4, 0.5) is 0 Å². The SMILES string of the molecule is CCOC(=O)CC(C)N1C(=S)N2C(c3ccc(OC)cc3)c3[nH]c4ccc(Br)cc4c3CC2C1O. The van der Waals surface area contributed by atoms with Crippen LogP contribution >= 0.6 is 28.1 Å². The molecule has 1 fully saturated rings. The molecule has 2 aliphatic rings. The highest BCUT2D eigenvalue weighted by Crippen LogP contribution is 2.46. The van der Waals surface area contributed by atoms with Crippen LogP contribution in [0.25, 0.3) is 10.9 Å². The first-order valence-electron chi connectivity index (χ1n) is 11.7. The number of nitrogens with zero attached hydrogens (tertiary/aromatic N) is 2. The third-order valence-corrected chi connectivity index (χ3v) is 7.88. The van der Waals surface area contributed by atoms with Gasteiger partial charge in [-0.1, -0.05) is 28.1 Å². The van der Waals surface area contributed by atoms with Gasteiger partial charge in [-0.25, -0.2) is 0 Å². The van der Waals surface area contributed by atoms with E-state index in [2.05, 4.69) is 37.9 Å². The molecule has 3 aromatic rings. The van der Waals surface area contributed by atoms with Crippen LogP contribution in [0.1, 0.15) is 43.1 Å². The van der Waals surface area contributed by atoms with Gasteiger partial charge < -0.3 is 29.4 Å². The molecule has 9 heteroatoms. The van der Waals surface area contributed by atoms with Crippen LogP contribution in [0.3, 0.4) is 0 Å². The third-order valence-electron chi connectivity index (χ3n) is 6.97. The highest BCUT2D eigenvalue weighted by atomic mass is 79.9. The number of thiocarbonyl (C=S) groups is 1. The molecule has 2 N–H and O–H groups in total. The van der Waals surface area contributed by atoms with E-state index in [1.165, 1.54) is 5.56 Å². The summed E-state index contributed by atoms with van der Waals surface area (Å²) in [4.78, 5) is 19.7. The van der Waals surface area contributed by atoms with Gasteiger partial charge in [-0.05, 0) is 73.9 Å². The Kier molecular flexibility index (Phi) is 6.50. The summed E-state index contributed by atoms with van der Waals surface area (Å²) >= 11 is 9.56. The first-order chi connectivity index (χ1) is 16.8. The Morgan fingerprint density at radius 2 is 2.03 bits per heavy atom.